The van der Waals surface area contributed by atoms with Gasteiger partial charge in [0.05, 0.1) is 11.5 Å². The normalized spacial score (nSPS) is 27.6. The molecule has 4 bridgehead atoms. The van der Waals surface area contributed by atoms with Crippen molar-refractivity contribution in [3.8, 4) is 5.75 Å². The second-order valence-electron chi connectivity index (χ2n) is 10.1. The summed E-state index contributed by atoms with van der Waals surface area (Å²) in [4.78, 5) is 31.8. The van der Waals surface area contributed by atoms with E-state index in [-0.39, 0.29) is 16.9 Å². The van der Waals surface area contributed by atoms with Gasteiger partial charge in [0.15, 0.2) is 5.69 Å². The molecule has 3 aromatic rings. The molecule has 4 aliphatic rings. The molecule has 0 aliphatic heterocycles. The van der Waals surface area contributed by atoms with Gasteiger partial charge in [0, 0.05) is 5.56 Å². The van der Waals surface area contributed by atoms with Gasteiger partial charge in [0.2, 0.25) is 0 Å². The number of hydrogen-bond donors (Lipinski definition) is 1. The molecule has 34 heavy (non-hydrogen) atoms. The van der Waals surface area contributed by atoms with E-state index in [9.17, 15) is 14.9 Å². The number of benzene rings is 1. The highest BCUT2D eigenvalue weighted by Crippen LogP contribution is 2.60. The van der Waals surface area contributed by atoms with Gasteiger partial charge in [-0.2, -0.15) is 4.52 Å². The molecule has 9 nitrogen and oxygen atoms in total. The summed E-state index contributed by atoms with van der Waals surface area (Å²) in [6.07, 6.45) is 12.4. The van der Waals surface area contributed by atoms with Crippen LogP contribution in [0.1, 0.15) is 62.3 Å². The highest BCUT2D eigenvalue weighted by atomic mass is 16.6. The first-order chi connectivity index (χ1) is 16.5. The van der Waals surface area contributed by atoms with Gasteiger partial charge in [-0.15, -0.1) is 0 Å². The maximum atomic E-state index is 12.6. The number of ether oxygens (including phenoxy) is 1. The summed E-state index contributed by atoms with van der Waals surface area (Å²) < 4.78 is 6.84. The molecule has 0 atom stereocenters. The van der Waals surface area contributed by atoms with Crippen LogP contribution in [0.2, 0.25) is 0 Å². The van der Waals surface area contributed by atoms with Crippen molar-refractivity contribution in [1.29, 1.82) is 0 Å². The largest absolute Gasteiger partial charge is 0.493 e. The molecule has 1 N–H and O–H groups in total. The molecule has 0 radical (unpaired) electrons. The zero-order valence-corrected chi connectivity index (χ0v) is 19.1. The van der Waals surface area contributed by atoms with Crippen LogP contribution >= 0.6 is 0 Å². The molecule has 4 saturated carbocycles. The topological polar surface area (TPSA) is 115 Å². The Labute approximate surface area is 196 Å². The van der Waals surface area contributed by atoms with Crippen LogP contribution in [-0.2, 0) is 5.41 Å². The van der Waals surface area contributed by atoms with Crippen molar-refractivity contribution < 1.29 is 9.66 Å². The monoisotopic (exact) mass is 461 g/mol. The molecule has 7 rings (SSSR count). The van der Waals surface area contributed by atoms with E-state index in [0.29, 0.717) is 12.4 Å². The molecule has 0 amide bonds. The molecule has 2 aromatic heterocycles. The van der Waals surface area contributed by atoms with Gasteiger partial charge in [-0.3, -0.25) is 20.0 Å². The fourth-order valence-corrected chi connectivity index (χ4v) is 7.08. The van der Waals surface area contributed by atoms with E-state index in [1.54, 1.807) is 6.08 Å². The maximum absolute atomic E-state index is 12.6. The predicted molar refractivity (Wildman–Crippen MR) is 127 cm³/mol. The fourth-order valence-electron chi connectivity index (χ4n) is 7.08. The molecule has 0 spiro atoms. The first kappa shape index (κ1) is 21.1. The van der Waals surface area contributed by atoms with Gasteiger partial charge in [-0.25, -0.2) is 9.97 Å². The number of aromatic nitrogens is 4. The number of nitro groups is 1. The van der Waals surface area contributed by atoms with Gasteiger partial charge in [0.25, 0.3) is 5.78 Å². The lowest BCUT2D eigenvalue weighted by Gasteiger charge is -2.57. The van der Waals surface area contributed by atoms with Crippen molar-refractivity contribution in [2.24, 2.45) is 17.8 Å². The third-order valence-corrected chi connectivity index (χ3v) is 8.00. The summed E-state index contributed by atoms with van der Waals surface area (Å²) in [6.45, 7) is 2.44. The van der Waals surface area contributed by atoms with Crippen LogP contribution in [0.4, 0.5) is 5.69 Å². The quantitative estimate of drug-likeness (QED) is 0.431. The van der Waals surface area contributed by atoms with Gasteiger partial charge < -0.3 is 4.74 Å². The number of aromatic amines is 1. The zero-order chi connectivity index (χ0) is 23.4. The van der Waals surface area contributed by atoms with Crippen molar-refractivity contribution in [3.05, 3.63) is 61.8 Å². The summed E-state index contributed by atoms with van der Waals surface area (Å²) in [7, 11) is 0. The van der Waals surface area contributed by atoms with E-state index >= 15 is 0 Å². The van der Waals surface area contributed by atoms with Crippen LogP contribution in [0.3, 0.4) is 0 Å². The van der Waals surface area contributed by atoms with E-state index in [4.69, 9.17) is 4.74 Å². The maximum Gasteiger partial charge on any atom is 0.361 e. The number of nitrogens with one attached hydrogen (secondary N) is 1. The molecule has 0 unspecified atom stereocenters. The van der Waals surface area contributed by atoms with Gasteiger partial charge in [0.1, 0.15) is 12.1 Å². The third-order valence-electron chi connectivity index (χ3n) is 8.00. The number of rotatable bonds is 6. The Bertz CT molecular complexity index is 1340. The summed E-state index contributed by atoms with van der Waals surface area (Å²) in [5.74, 6) is 3.29. The van der Waals surface area contributed by atoms with Crippen molar-refractivity contribution in [1.82, 2.24) is 19.6 Å². The minimum absolute atomic E-state index is 0.0234. The number of fused-ring (bicyclic) bond motifs is 1. The Morgan fingerprint density at radius 3 is 2.56 bits per heavy atom. The minimum Gasteiger partial charge on any atom is -0.493 e. The summed E-state index contributed by atoms with van der Waals surface area (Å²) in [6, 6.07) is 6.41. The van der Waals surface area contributed by atoms with Crippen LogP contribution in [-0.4, -0.2) is 31.1 Å². The van der Waals surface area contributed by atoms with E-state index in [2.05, 4.69) is 27.2 Å². The van der Waals surface area contributed by atoms with Crippen molar-refractivity contribution >= 4 is 23.6 Å². The molecule has 0 saturated heterocycles. The van der Waals surface area contributed by atoms with Crippen LogP contribution in [0.5, 0.6) is 5.75 Å². The van der Waals surface area contributed by atoms with Gasteiger partial charge in [-0.1, -0.05) is 6.07 Å². The highest BCUT2D eigenvalue weighted by Gasteiger charge is 2.51. The molecule has 2 heterocycles. The summed E-state index contributed by atoms with van der Waals surface area (Å²) >= 11 is 0. The first-order valence-electron chi connectivity index (χ1n) is 12.0. The lowest BCUT2D eigenvalue weighted by molar-refractivity contribution is -0.386. The molecular formula is C25H27N5O4. The molecule has 4 aliphatic carbocycles. The molecule has 9 heteroatoms. The minimum atomic E-state index is -0.792. The Morgan fingerprint density at radius 1 is 1.21 bits per heavy atom. The smallest absolute Gasteiger partial charge is 0.361 e. The average Bonchev–Trinajstić information content (AvgIpc) is 3.26. The van der Waals surface area contributed by atoms with Crippen molar-refractivity contribution in [2.75, 3.05) is 6.61 Å². The van der Waals surface area contributed by atoms with Gasteiger partial charge >= 0.3 is 11.2 Å². The van der Waals surface area contributed by atoms with Crippen LogP contribution in [0, 0.1) is 27.9 Å². The van der Waals surface area contributed by atoms with Gasteiger partial charge in [-0.05, 0) is 98.5 Å². The van der Waals surface area contributed by atoms with E-state index in [1.807, 2.05) is 13.0 Å². The van der Waals surface area contributed by atoms with Crippen LogP contribution in [0.15, 0.2) is 29.3 Å². The SMILES string of the molecule is CCOc1ccc(C23CC4CC(CC(C4)C2)C3)cc1/C=C/c1nc2nc[nH]n2c(=O)c1[N+](=O)[O-]. The van der Waals surface area contributed by atoms with E-state index in [0.717, 1.165) is 27.8 Å². The Kier molecular flexibility index (Phi) is 4.82. The predicted octanol–water partition coefficient (Wildman–Crippen LogP) is 4.36. The highest BCUT2D eigenvalue weighted by molar-refractivity contribution is 5.75. The molecule has 4 fully saturated rings. The second-order valence-corrected chi connectivity index (χ2v) is 10.1. The fraction of sp³-hybridized carbons (Fsp3) is 0.480. The number of nitrogens with zero attached hydrogens (tertiary/aromatic N) is 4. The Morgan fingerprint density at radius 2 is 1.91 bits per heavy atom. The van der Waals surface area contributed by atoms with Crippen LogP contribution in [0.25, 0.3) is 17.9 Å². The first-order valence-corrected chi connectivity index (χ1v) is 12.0. The van der Waals surface area contributed by atoms with Crippen molar-refractivity contribution in [3.63, 3.8) is 0 Å². The molecule has 176 valence electrons. The van der Waals surface area contributed by atoms with E-state index in [1.165, 1.54) is 56.5 Å². The van der Waals surface area contributed by atoms with Crippen LogP contribution < -0.4 is 10.3 Å². The third kappa shape index (κ3) is 3.33. The molecular weight excluding hydrogens is 434 g/mol. The Balaban J connectivity index is 1.42. The lowest BCUT2D eigenvalue weighted by atomic mass is 9.48. The van der Waals surface area contributed by atoms with E-state index < -0.39 is 16.2 Å². The Hall–Kier alpha value is -3.49. The zero-order valence-electron chi connectivity index (χ0n) is 19.1. The summed E-state index contributed by atoms with van der Waals surface area (Å²) in [5, 5.41) is 14.2. The molecule has 1 aromatic carbocycles. The second kappa shape index (κ2) is 7.78. The standard InChI is InChI=1S/C25H27N5O4/c1-2-34-21-6-4-19(25-11-15-7-16(12-25)9-17(8-15)13-25)10-18(21)3-5-20-22(30(32)33)23(31)29-24(28-20)26-14-27-29/h3-6,10,14-17H,2,7-9,11-13H2,1H3,(H,26,27,28)/b5-3+. The number of hydrogen-bond acceptors (Lipinski definition) is 6. The number of H-pyrrole nitrogens is 1. The average molecular weight is 462 g/mol. The lowest BCUT2D eigenvalue weighted by Crippen LogP contribution is -2.48. The van der Waals surface area contributed by atoms with Crippen molar-refractivity contribution in [2.45, 2.75) is 50.9 Å². The summed E-state index contributed by atoms with van der Waals surface area (Å²) in [5.41, 5.74) is 0.991.